The number of hydrogen-bond acceptors (Lipinski definition) is 6. The summed E-state index contributed by atoms with van der Waals surface area (Å²) in [6.45, 7) is 12.6. The maximum absolute atomic E-state index is 5.58. The fraction of sp³-hybridized carbons (Fsp3) is 0.857. The summed E-state index contributed by atoms with van der Waals surface area (Å²) in [6.07, 6.45) is 5.63. The number of aromatic nitrogens is 3. The first-order valence-electron chi connectivity index (χ1n) is 11.3. The highest BCUT2D eigenvalue weighted by Crippen LogP contribution is 2.19. The van der Waals surface area contributed by atoms with E-state index in [4.69, 9.17) is 9.73 Å². The summed E-state index contributed by atoms with van der Waals surface area (Å²) in [5.41, 5.74) is 0. The van der Waals surface area contributed by atoms with Gasteiger partial charge in [0.25, 0.3) is 0 Å². The zero-order valence-electron chi connectivity index (χ0n) is 19.9. The average Bonchev–Trinajstić information content (AvgIpc) is 3.09. The van der Waals surface area contributed by atoms with Crippen LogP contribution in [0.4, 0.5) is 0 Å². The van der Waals surface area contributed by atoms with Crippen LogP contribution in [0, 0.1) is 12.8 Å². The predicted molar refractivity (Wildman–Crippen MR) is 142 cm³/mol. The smallest absolute Gasteiger partial charge is 0.191 e. The summed E-state index contributed by atoms with van der Waals surface area (Å²) in [5.74, 6) is 4.45. The minimum absolute atomic E-state index is 0. The van der Waals surface area contributed by atoms with Gasteiger partial charge in [-0.15, -0.1) is 34.2 Å². The molecule has 0 bridgehead atoms. The highest BCUT2D eigenvalue weighted by Gasteiger charge is 2.27. The van der Waals surface area contributed by atoms with Crippen molar-refractivity contribution in [3.63, 3.8) is 0 Å². The van der Waals surface area contributed by atoms with Gasteiger partial charge in [-0.3, -0.25) is 4.90 Å². The van der Waals surface area contributed by atoms with Gasteiger partial charge in [0.05, 0.1) is 13.2 Å². The lowest BCUT2D eigenvalue weighted by molar-refractivity contribution is 0.00272. The van der Waals surface area contributed by atoms with Gasteiger partial charge in [-0.05, 0) is 31.3 Å². The van der Waals surface area contributed by atoms with Crippen LogP contribution >= 0.6 is 35.7 Å². The van der Waals surface area contributed by atoms with E-state index in [2.05, 4.69) is 45.8 Å². The van der Waals surface area contributed by atoms with Gasteiger partial charge in [0.2, 0.25) is 0 Å². The van der Waals surface area contributed by atoms with Crippen molar-refractivity contribution in [2.45, 2.75) is 52.6 Å². The highest BCUT2D eigenvalue weighted by atomic mass is 127. The number of ether oxygens (including phenoxy) is 1. The second-order valence-corrected chi connectivity index (χ2v) is 8.82. The Kier molecular flexibility index (Phi) is 14.8. The molecule has 31 heavy (non-hydrogen) atoms. The van der Waals surface area contributed by atoms with Crippen molar-refractivity contribution in [1.29, 1.82) is 0 Å². The normalized spacial score (nSPS) is 16.3. The molecule has 1 unspecified atom stereocenters. The van der Waals surface area contributed by atoms with Crippen LogP contribution in [0.3, 0.4) is 0 Å². The Hall–Kier alpha value is -0.590. The molecule has 180 valence electrons. The summed E-state index contributed by atoms with van der Waals surface area (Å²) < 4.78 is 7.58. The molecule has 1 aromatic rings. The second-order valence-electron chi connectivity index (χ2n) is 7.83. The van der Waals surface area contributed by atoms with Crippen molar-refractivity contribution >= 4 is 41.7 Å². The van der Waals surface area contributed by atoms with Crippen LogP contribution in [0.1, 0.15) is 44.8 Å². The Morgan fingerprint density at radius 3 is 2.48 bits per heavy atom. The fourth-order valence-electron chi connectivity index (χ4n) is 3.87. The molecule has 0 radical (unpaired) electrons. The molecule has 2 heterocycles. The lowest BCUT2D eigenvalue weighted by atomic mass is 9.92. The maximum Gasteiger partial charge on any atom is 0.191 e. The Bertz CT molecular complexity index is 633. The number of guanidine groups is 1. The molecule has 0 aliphatic carbocycles. The van der Waals surface area contributed by atoms with Crippen LogP contribution in [0.5, 0.6) is 0 Å². The molecule has 1 fully saturated rings. The number of aliphatic imine (C=N–C) groups is 1. The van der Waals surface area contributed by atoms with Crippen LogP contribution in [-0.2, 0) is 18.3 Å². The van der Waals surface area contributed by atoms with E-state index >= 15 is 0 Å². The quantitative estimate of drug-likeness (QED) is 0.174. The molecule has 10 heteroatoms. The molecule has 2 N–H and O–H groups in total. The molecule has 1 saturated heterocycles. The summed E-state index contributed by atoms with van der Waals surface area (Å²) in [6, 6.07) is 0.485. The summed E-state index contributed by atoms with van der Waals surface area (Å²) in [4.78, 5) is 7.40. The Labute approximate surface area is 209 Å². The lowest BCUT2D eigenvalue weighted by Gasteiger charge is -2.39. The third-order valence-corrected chi connectivity index (χ3v) is 6.66. The van der Waals surface area contributed by atoms with Crippen molar-refractivity contribution in [1.82, 2.24) is 30.3 Å². The number of aryl methyl sites for hydroxylation is 1. The molecule has 0 aromatic carbocycles. The van der Waals surface area contributed by atoms with Crippen molar-refractivity contribution in [2.24, 2.45) is 18.0 Å². The summed E-state index contributed by atoms with van der Waals surface area (Å²) >= 11 is 1.87. The number of halogens is 1. The predicted octanol–water partition coefficient (Wildman–Crippen LogP) is 2.67. The van der Waals surface area contributed by atoms with Gasteiger partial charge >= 0.3 is 0 Å². The van der Waals surface area contributed by atoms with Gasteiger partial charge in [-0.1, -0.05) is 26.7 Å². The van der Waals surface area contributed by atoms with Crippen LogP contribution in [0.2, 0.25) is 0 Å². The Morgan fingerprint density at radius 1 is 1.19 bits per heavy atom. The standard InChI is InChI=1S/C21H41N7OS.HI/c1-6-18(7-2)19(28-10-12-29-13-11-28)15-23-21(22-9-8-14-30-5)24-16-20-26-25-17(3)27(20)4;/h18-19H,6-16H2,1-5H3,(H2,22,23,24);1H. The van der Waals surface area contributed by atoms with E-state index in [1.165, 1.54) is 12.8 Å². The number of nitrogens with zero attached hydrogens (tertiary/aromatic N) is 5. The lowest BCUT2D eigenvalue weighted by Crippen LogP contribution is -2.53. The van der Waals surface area contributed by atoms with Gasteiger partial charge in [0, 0.05) is 39.3 Å². The second kappa shape index (κ2) is 16.1. The molecule has 2 rings (SSSR count). The number of rotatable bonds is 12. The molecular formula is C21H42IN7OS. The van der Waals surface area contributed by atoms with Gasteiger partial charge < -0.3 is 19.9 Å². The maximum atomic E-state index is 5.58. The molecule has 8 nitrogen and oxygen atoms in total. The van der Waals surface area contributed by atoms with Crippen molar-refractivity contribution in [2.75, 3.05) is 51.4 Å². The molecule has 1 aromatic heterocycles. The molecule has 0 spiro atoms. The van der Waals surface area contributed by atoms with Gasteiger partial charge in [-0.25, -0.2) is 4.99 Å². The minimum Gasteiger partial charge on any atom is -0.379 e. The zero-order valence-corrected chi connectivity index (χ0v) is 23.0. The van der Waals surface area contributed by atoms with Crippen LogP contribution in [0.15, 0.2) is 4.99 Å². The number of hydrogen-bond donors (Lipinski definition) is 2. The minimum atomic E-state index is 0. The van der Waals surface area contributed by atoms with E-state index in [9.17, 15) is 0 Å². The topological polar surface area (TPSA) is 79.6 Å². The van der Waals surface area contributed by atoms with E-state index < -0.39 is 0 Å². The van der Waals surface area contributed by atoms with Crippen LogP contribution < -0.4 is 10.6 Å². The van der Waals surface area contributed by atoms with E-state index in [1.807, 2.05) is 30.3 Å². The van der Waals surface area contributed by atoms with Crippen molar-refractivity contribution in [3.8, 4) is 0 Å². The Morgan fingerprint density at radius 2 is 1.90 bits per heavy atom. The fourth-order valence-corrected chi connectivity index (χ4v) is 4.31. The molecule has 1 aliphatic rings. The molecule has 0 amide bonds. The largest absolute Gasteiger partial charge is 0.379 e. The first kappa shape index (κ1) is 28.4. The van der Waals surface area contributed by atoms with Crippen LogP contribution in [0.25, 0.3) is 0 Å². The van der Waals surface area contributed by atoms with Gasteiger partial charge in [-0.2, -0.15) is 11.8 Å². The molecular weight excluding hydrogens is 525 g/mol. The van der Waals surface area contributed by atoms with E-state index in [1.54, 1.807) is 0 Å². The third-order valence-electron chi connectivity index (χ3n) is 5.97. The number of thioether (sulfide) groups is 1. The van der Waals surface area contributed by atoms with Crippen molar-refractivity contribution in [3.05, 3.63) is 11.6 Å². The monoisotopic (exact) mass is 567 g/mol. The average molecular weight is 568 g/mol. The highest BCUT2D eigenvalue weighted by molar-refractivity contribution is 14.0. The first-order chi connectivity index (χ1) is 14.6. The first-order valence-corrected chi connectivity index (χ1v) is 12.7. The number of morpholine rings is 1. The van der Waals surface area contributed by atoms with Gasteiger partial charge in [0.1, 0.15) is 12.4 Å². The molecule has 0 saturated carbocycles. The van der Waals surface area contributed by atoms with E-state index in [-0.39, 0.29) is 24.0 Å². The SMILES string of the molecule is CCC(CC)C(CNC(=NCc1nnc(C)n1C)NCCCSC)N1CCOCC1.I. The zero-order chi connectivity index (χ0) is 21.8. The Balaban J connectivity index is 0.00000480. The number of nitrogens with one attached hydrogen (secondary N) is 2. The molecule has 1 aliphatic heterocycles. The van der Waals surface area contributed by atoms with E-state index in [0.29, 0.717) is 18.5 Å². The van der Waals surface area contributed by atoms with Gasteiger partial charge in [0.15, 0.2) is 11.8 Å². The third kappa shape index (κ3) is 9.43. The van der Waals surface area contributed by atoms with E-state index in [0.717, 1.165) is 69.2 Å². The molecule has 1 atom stereocenters. The van der Waals surface area contributed by atoms with Crippen LogP contribution in [-0.4, -0.2) is 83.1 Å². The summed E-state index contributed by atoms with van der Waals surface area (Å²) in [5, 5.41) is 15.5. The summed E-state index contributed by atoms with van der Waals surface area (Å²) in [7, 11) is 1.99. The van der Waals surface area contributed by atoms with Crippen molar-refractivity contribution < 1.29 is 4.74 Å².